The number of rotatable bonds is 7. The van der Waals surface area contributed by atoms with Crippen LogP contribution in [0.15, 0.2) is 76.1 Å². The molecule has 0 radical (unpaired) electrons. The van der Waals surface area contributed by atoms with Crippen LogP contribution in [0, 0.1) is 0 Å². The number of hydrogen-bond acceptors (Lipinski definition) is 5. The SMILES string of the molecule is CC(Cc1cccc(Br)c1)c1cc(S(C)(=O)=O)c(Nc2ccccc2)cc1N1CCNCC1.Cl. The molecule has 1 fully saturated rings. The first-order valence-electron chi connectivity index (χ1n) is 11.2. The molecule has 1 aliphatic heterocycles. The Bertz CT molecular complexity index is 1220. The molecule has 0 spiro atoms. The lowest BCUT2D eigenvalue weighted by molar-refractivity contribution is 0.584. The van der Waals surface area contributed by atoms with Crippen molar-refractivity contribution >= 4 is 55.2 Å². The molecular weight excluding hydrogens is 534 g/mol. The van der Waals surface area contributed by atoms with E-state index in [2.05, 4.69) is 50.5 Å². The van der Waals surface area contributed by atoms with Crippen molar-refractivity contribution in [1.29, 1.82) is 0 Å². The molecule has 0 saturated carbocycles. The number of halogens is 2. The van der Waals surface area contributed by atoms with E-state index < -0.39 is 9.84 Å². The summed E-state index contributed by atoms with van der Waals surface area (Å²) in [5.41, 5.74) is 4.87. The maximum atomic E-state index is 12.8. The minimum Gasteiger partial charge on any atom is -0.369 e. The van der Waals surface area contributed by atoms with Gasteiger partial charge in [-0.25, -0.2) is 8.42 Å². The Labute approximate surface area is 217 Å². The highest BCUT2D eigenvalue weighted by Crippen LogP contribution is 2.38. The third-order valence-electron chi connectivity index (χ3n) is 6.00. The second-order valence-corrected chi connectivity index (χ2v) is 11.5. The normalized spacial score (nSPS) is 14.9. The zero-order valence-electron chi connectivity index (χ0n) is 19.4. The fraction of sp³-hybridized carbons (Fsp3) is 0.308. The van der Waals surface area contributed by atoms with E-state index in [-0.39, 0.29) is 18.3 Å². The first-order valence-corrected chi connectivity index (χ1v) is 13.9. The molecule has 0 amide bonds. The molecule has 4 rings (SSSR count). The average molecular weight is 565 g/mol. The second kappa shape index (κ2) is 11.6. The number of piperazine rings is 1. The van der Waals surface area contributed by atoms with Crippen molar-refractivity contribution in [2.24, 2.45) is 0 Å². The molecule has 5 nitrogen and oxygen atoms in total. The number of sulfone groups is 1. The minimum absolute atomic E-state index is 0. The number of hydrogen-bond donors (Lipinski definition) is 2. The van der Waals surface area contributed by atoms with Crippen molar-refractivity contribution in [3.8, 4) is 0 Å². The van der Waals surface area contributed by atoms with Crippen LogP contribution in [0.2, 0.25) is 0 Å². The molecule has 3 aromatic carbocycles. The van der Waals surface area contributed by atoms with Crippen LogP contribution < -0.4 is 15.5 Å². The van der Waals surface area contributed by atoms with E-state index in [1.807, 2.05) is 54.6 Å². The van der Waals surface area contributed by atoms with Gasteiger partial charge >= 0.3 is 0 Å². The smallest absolute Gasteiger partial charge is 0.177 e. The summed E-state index contributed by atoms with van der Waals surface area (Å²) in [5.74, 6) is 0.149. The van der Waals surface area contributed by atoms with Gasteiger partial charge < -0.3 is 15.5 Å². The Balaban J connectivity index is 0.00000324. The van der Waals surface area contributed by atoms with Gasteiger partial charge in [0, 0.05) is 48.3 Å². The van der Waals surface area contributed by atoms with E-state index in [1.165, 1.54) is 11.8 Å². The van der Waals surface area contributed by atoms with Crippen molar-refractivity contribution in [3.05, 3.63) is 82.3 Å². The maximum absolute atomic E-state index is 12.8. The number of benzene rings is 3. The van der Waals surface area contributed by atoms with E-state index in [0.29, 0.717) is 10.6 Å². The molecule has 1 unspecified atom stereocenters. The maximum Gasteiger partial charge on any atom is 0.177 e. The van der Waals surface area contributed by atoms with Gasteiger partial charge in [-0.3, -0.25) is 0 Å². The largest absolute Gasteiger partial charge is 0.369 e. The number of nitrogens with one attached hydrogen (secondary N) is 2. The number of nitrogens with zero attached hydrogens (tertiary/aromatic N) is 1. The van der Waals surface area contributed by atoms with Crippen LogP contribution >= 0.6 is 28.3 Å². The third-order valence-corrected chi connectivity index (χ3v) is 7.63. The molecular formula is C26H31BrClN3O2S. The molecule has 0 aliphatic carbocycles. The van der Waals surface area contributed by atoms with Crippen LogP contribution in [0.25, 0.3) is 0 Å². The quantitative estimate of drug-likeness (QED) is 0.381. The highest BCUT2D eigenvalue weighted by Gasteiger charge is 2.24. The second-order valence-electron chi connectivity index (χ2n) is 8.64. The van der Waals surface area contributed by atoms with E-state index in [1.54, 1.807) is 0 Å². The van der Waals surface area contributed by atoms with Gasteiger partial charge in [0.2, 0.25) is 0 Å². The molecule has 1 aliphatic rings. The topological polar surface area (TPSA) is 61.4 Å². The summed E-state index contributed by atoms with van der Waals surface area (Å²) in [6.07, 6.45) is 2.11. The van der Waals surface area contributed by atoms with E-state index >= 15 is 0 Å². The summed E-state index contributed by atoms with van der Waals surface area (Å²) in [6.45, 7) is 5.78. The van der Waals surface area contributed by atoms with Crippen molar-refractivity contribution in [2.75, 3.05) is 42.7 Å². The van der Waals surface area contributed by atoms with E-state index in [4.69, 9.17) is 0 Å². The predicted molar refractivity (Wildman–Crippen MR) is 148 cm³/mol. The summed E-state index contributed by atoms with van der Waals surface area (Å²) in [7, 11) is -3.44. The highest BCUT2D eigenvalue weighted by atomic mass is 79.9. The molecule has 1 saturated heterocycles. The molecule has 1 heterocycles. The monoisotopic (exact) mass is 563 g/mol. The fourth-order valence-corrected chi connectivity index (χ4v) is 5.66. The van der Waals surface area contributed by atoms with Gasteiger partial charge in [-0.05, 0) is 59.9 Å². The number of para-hydroxylation sites is 1. The Kier molecular flexibility index (Phi) is 9.04. The highest BCUT2D eigenvalue weighted by molar-refractivity contribution is 9.10. The van der Waals surface area contributed by atoms with Gasteiger partial charge in [0.1, 0.15) is 0 Å². The van der Waals surface area contributed by atoms with Crippen LogP contribution in [0.5, 0.6) is 0 Å². The van der Waals surface area contributed by atoms with Crippen LogP contribution in [-0.2, 0) is 16.3 Å². The third kappa shape index (κ3) is 6.54. The van der Waals surface area contributed by atoms with Gasteiger partial charge in [0.25, 0.3) is 0 Å². The van der Waals surface area contributed by atoms with Crippen LogP contribution in [0.3, 0.4) is 0 Å². The lowest BCUT2D eigenvalue weighted by Crippen LogP contribution is -2.44. The summed E-state index contributed by atoms with van der Waals surface area (Å²) >= 11 is 3.56. The van der Waals surface area contributed by atoms with Gasteiger partial charge in [0.15, 0.2) is 9.84 Å². The van der Waals surface area contributed by atoms with Crippen molar-refractivity contribution in [1.82, 2.24) is 5.32 Å². The Morgan fingerprint density at radius 1 is 1.03 bits per heavy atom. The zero-order valence-corrected chi connectivity index (χ0v) is 22.6. The zero-order chi connectivity index (χ0) is 23.4. The fourth-order valence-electron chi connectivity index (χ4n) is 4.37. The van der Waals surface area contributed by atoms with E-state index in [9.17, 15) is 8.42 Å². The van der Waals surface area contributed by atoms with Crippen LogP contribution in [-0.4, -0.2) is 40.9 Å². The molecule has 182 valence electrons. The van der Waals surface area contributed by atoms with Gasteiger partial charge in [0.05, 0.1) is 10.6 Å². The molecule has 2 N–H and O–H groups in total. The standard InChI is InChI=1S/C26H30BrN3O2S.ClH/c1-19(15-20-7-6-8-21(27)16-20)23-17-26(33(2,31)32)24(29-22-9-4-3-5-10-22)18-25(23)30-13-11-28-12-14-30;/h3-10,16-19,28-29H,11-15H2,1-2H3;1H. The molecule has 3 aromatic rings. The molecule has 34 heavy (non-hydrogen) atoms. The lowest BCUT2D eigenvalue weighted by atomic mass is 9.91. The average Bonchev–Trinajstić information content (AvgIpc) is 2.79. The lowest BCUT2D eigenvalue weighted by Gasteiger charge is -2.33. The molecule has 1 atom stereocenters. The van der Waals surface area contributed by atoms with Crippen molar-refractivity contribution in [3.63, 3.8) is 0 Å². The van der Waals surface area contributed by atoms with Gasteiger partial charge in [-0.15, -0.1) is 12.4 Å². The van der Waals surface area contributed by atoms with Crippen LogP contribution in [0.4, 0.5) is 17.1 Å². The molecule has 0 aromatic heterocycles. The van der Waals surface area contributed by atoms with E-state index in [0.717, 1.165) is 54.0 Å². The minimum atomic E-state index is -3.44. The van der Waals surface area contributed by atoms with Gasteiger partial charge in [-0.1, -0.05) is 53.2 Å². The molecule has 0 bridgehead atoms. The summed E-state index contributed by atoms with van der Waals surface area (Å²) < 4.78 is 26.7. The Hall–Kier alpha value is -2.06. The van der Waals surface area contributed by atoms with Crippen LogP contribution in [0.1, 0.15) is 24.0 Å². The van der Waals surface area contributed by atoms with Gasteiger partial charge in [-0.2, -0.15) is 0 Å². The first kappa shape index (κ1) is 26.5. The summed E-state index contributed by atoms with van der Waals surface area (Å²) in [5, 5.41) is 6.77. The summed E-state index contributed by atoms with van der Waals surface area (Å²) in [6, 6.07) is 21.9. The Morgan fingerprint density at radius 3 is 2.38 bits per heavy atom. The first-order chi connectivity index (χ1) is 15.8. The summed E-state index contributed by atoms with van der Waals surface area (Å²) in [4.78, 5) is 2.70. The number of anilines is 3. The van der Waals surface area contributed by atoms with Crippen molar-refractivity contribution in [2.45, 2.75) is 24.2 Å². The predicted octanol–water partition coefficient (Wildman–Crippen LogP) is 5.77. The Morgan fingerprint density at radius 2 is 1.74 bits per heavy atom. The van der Waals surface area contributed by atoms with Crippen molar-refractivity contribution < 1.29 is 8.42 Å². The molecule has 8 heteroatoms.